The normalized spacial score (nSPS) is 25.3. The maximum absolute atomic E-state index is 11.9. The fraction of sp³-hybridized carbons (Fsp3) is 0.773. The first-order chi connectivity index (χ1) is 12.8. The molecule has 0 radical (unpaired) electrons. The van der Waals surface area contributed by atoms with Crippen LogP contribution >= 0.6 is 11.3 Å². The Morgan fingerprint density at radius 3 is 2.73 bits per heavy atom. The third-order valence-corrected chi connectivity index (χ3v) is 7.63. The Morgan fingerprint density at radius 2 is 1.92 bits per heavy atom. The molecule has 3 nitrogen and oxygen atoms in total. The Kier molecular flexibility index (Phi) is 6.31. The molecule has 1 aromatic heterocycles. The second-order valence-corrected chi connectivity index (χ2v) is 9.96. The fourth-order valence-corrected chi connectivity index (χ4v) is 5.92. The van der Waals surface area contributed by atoms with Crippen LogP contribution in [-0.4, -0.2) is 29.9 Å². The zero-order chi connectivity index (χ0) is 17.8. The van der Waals surface area contributed by atoms with E-state index in [2.05, 4.69) is 33.7 Å². The Bertz CT molecular complexity index is 589. The Morgan fingerprint density at radius 1 is 1.08 bits per heavy atom. The van der Waals surface area contributed by atoms with E-state index in [1.54, 1.807) is 4.88 Å². The van der Waals surface area contributed by atoms with Gasteiger partial charge in [-0.2, -0.15) is 0 Å². The van der Waals surface area contributed by atoms with E-state index in [4.69, 9.17) is 0 Å². The van der Waals surface area contributed by atoms with Crippen molar-refractivity contribution in [2.24, 2.45) is 5.92 Å². The summed E-state index contributed by atoms with van der Waals surface area (Å²) >= 11 is 2.06. The first kappa shape index (κ1) is 18.5. The summed E-state index contributed by atoms with van der Waals surface area (Å²) in [7, 11) is 0. The van der Waals surface area contributed by atoms with Crippen LogP contribution in [0.25, 0.3) is 0 Å². The molecule has 2 aliphatic carbocycles. The van der Waals surface area contributed by atoms with E-state index >= 15 is 0 Å². The topological polar surface area (TPSA) is 32.3 Å². The molecule has 2 heterocycles. The number of nitrogens with zero attached hydrogens (tertiary/aromatic N) is 1. The molecule has 26 heavy (non-hydrogen) atoms. The van der Waals surface area contributed by atoms with Gasteiger partial charge in [-0.15, -0.1) is 11.3 Å². The lowest BCUT2D eigenvalue weighted by Crippen LogP contribution is -2.35. The van der Waals surface area contributed by atoms with Crippen molar-refractivity contribution < 1.29 is 4.79 Å². The highest BCUT2D eigenvalue weighted by Crippen LogP contribution is 2.36. The maximum Gasteiger partial charge on any atom is 0.220 e. The second-order valence-electron chi connectivity index (χ2n) is 8.76. The predicted octanol–water partition coefficient (Wildman–Crippen LogP) is 5.07. The lowest BCUT2D eigenvalue weighted by molar-refractivity contribution is -0.121. The van der Waals surface area contributed by atoms with Crippen LogP contribution in [0.15, 0.2) is 12.1 Å². The quantitative estimate of drug-likeness (QED) is 0.723. The fourth-order valence-electron chi connectivity index (χ4n) is 4.70. The van der Waals surface area contributed by atoms with Crippen LogP contribution in [0.1, 0.15) is 86.3 Å². The number of piperidine rings is 1. The molecular weight excluding hydrogens is 340 g/mol. The molecule has 3 aliphatic rings. The molecular formula is C22H34N2OS. The van der Waals surface area contributed by atoms with Gasteiger partial charge in [-0.05, 0) is 75.5 Å². The maximum atomic E-state index is 11.9. The lowest BCUT2D eigenvalue weighted by atomic mass is 9.88. The molecule has 0 spiro atoms. The van der Waals surface area contributed by atoms with E-state index in [1.165, 1.54) is 75.8 Å². The van der Waals surface area contributed by atoms with Gasteiger partial charge in [0.2, 0.25) is 5.91 Å². The molecule has 1 atom stereocenters. The van der Waals surface area contributed by atoms with Gasteiger partial charge in [0.05, 0.1) is 0 Å². The van der Waals surface area contributed by atoms with Crippen molar-refractivity contribution in [1.82, 2.24) is 10.2 Å². The van der Waals surface area contributed by atoms with Crippen LogP contribution in [-0.2, 0) is 11.3 Å². The van der Waals surface area contributed by atoms with Gasteiger partial charge in [-0.3, -0.25) is 9.69 Å². The Balaban J connectivity index is 1.22. The second kappa shape index (κ2) is 8.88. The van der Waals surface area contributed by atoms with Crippen molar-refractivity contribution in [3.05, 3.63) is 21.9 Å². The van der Waals surface area contributed by atoms with Crippen molar-refractivity contribution in [2.75, 3.05) is 13.1 Å². The molecule has 1 aliphatic heterocycles. The lowest BCUT2D eigenvalue weighted by Gasteiger charge is -2.32. The number of hydrogen-bond donors (Lipinski definition) is 1. The molecule has 144 valence electrons. The highest BCUT2D eigenvalue weighted by Gasteiger charge is 2.25. The number of amides is 1. The molecule has 1 amide bonds. The highest BCUT2D eigenvalue weighted by molar-refractivity contribution is 7.12. The summed E-state index contributed by atoms with van der Waals surface area (Å²) in [5, 5.41) is 3.13. The smallest absolute Gasteiger partial charge is 0.220 e. The first-order valence-corrected chi connectivity index (χ1v) is 11.7. The van der Waals surface area contributed by atoms with E-state index in [0.29, 0.717) is 12.0 Å². The van der Waals surface area contributed by atoms with Crippen molar-refractivity contribution >= 4 is 17.2 Å². The number of rotatable bonds is 7. The van der Waals surface area contributed by atoms with Crippen molar-refractivity contribution in [3.63, 3.8) is 0 Å². The standard InChI is InChI=1S/C22H34N2OS/c25-22(23-19-9-10-19)13-8-17-5-4-14-24(15-17)16-20-11-12-21(26-20)18-6-2-1-3-7-18/h11-12,17-19H,1-10,13-16H2,(H,23,25). The summed E-state index contributed by atoms with van der Waals surface area (Å²) in [5.74, 6) is 1.81. The number of carbonyl (C=O) groups excluding carboxylic acids is 1. The zero-order valence-corrected chi connectivity index (χ0v) is 16.9. The van der Waals surface area contributed by atoms with Gasteiger partial charge in [-0.25, -0.2) is 0 Å². The van der Waals surface area contributed by atoms with E-state index in [0.717, 1.165) is 25.3 Å². The third kappa shape index (κ3) is 5.32. The summed E-state index contributed by atoms with van der Waals surface area (Å²) in [6.07, 6.45) is 13.8. The van der Waals surface area contributed by atoms with Gasteiger partial charge in [0.1, 0.15) is 0 Å². The third-order valence-electron chi connectivity index (χ3n) is 6.39. The van der Waals surface area contributed by atoms with Crippen LogP contribution < -0.4 is 5.32 Å². The summed E-state index contributed by atoms with van der Waals surface area (Å²) in [4.78, 5) is 17.7. The summed E-state index contributed by atoms with van der Waals surface area (Å²) in [6, 6.07) is 5.28. The van der Waals surface area contributed by atoms with E-state index in [9.17, 15) is 4.79 Å². The molecule has 1 aromatic rings. The molecule has 2 saturated carbocycles. The minimum Gasteiger partial charge on any atom is -0.353 e. The molecule has 1 N–H and O–H groups in total. The Labute approximate surface area is 162 Å². The summed E-state index contributed by atoms with van der Waals surface area (Å²) in [5.41, 5.74) is 0. The Hall–Kier alpha value is -0.870. The molecule has 3 fully saturated rings. The van der Waals surface area contributed by atoms with Gasteiger partial charge in [0, 0.05) is 35.3 Å². The number of thiophene rings is 1. The molecule has 0 aromatic carbocycles. The average molecular weight is 375 g/mol. The first-order valence-electron chi connectivity index (χ1n) is 10.9. The largest absolute Gasteiger partial charge is 0.353 e. The highest BCUT2D eigenvalue weighted by atomic mass is 32.1. The van der Waals surface area contributed by atoms with Crippen LogP contribution in [0.5, 0.6) is 0 Å². The van der Waals surface area contributed by atoms with Crippen LogP contribution in [0.4, 0.5) is 0 Å². The summed E-state index contributed by atoms with van der Waals surface area (Å²) < 4.78 is 0. The number of hydrogen-bond acceptors (Lipinski definition) is 3. The number of nitrogens with one attached hydrogen (secondary N) is 1. The number of carbonyl (C=O) groups is 1. The predicted molar refractivity (Wildman–Crippen MR) is 109 cm³/mol. The average Bonchev–Trinajstić information content (AvgIpc) is 3.36. The van der Waals surface area contributed by atoms with Gasteiger partial charge < -0.3 is 5.32 Å². The van der Waals surface area contributed by atoms with Crippen LogP contribution in [0.2, 0.25) is 0 Å². The number of likely N-dealkylation sites (tertiary alicyclic amines) is 1. The molecule has 1 unspecified atom stereocenters. The molecule has 0 bridgehead atoms. The van der Waals surface area contributed by atoms with Gasteiger partial charge in [0.15, 0.2) is 0 Å². The molecule has 4 heteroatoms. The van der Waals surface area contributed by atoms with Crippen LogP contribution in [0, 0.1) is 5.92 Å². The SMILES string of the molecule is O=C(CCC1CCCN(Cc2ccc(C3CCCCC3)s2)C1)NC1CC1. The van der Waals surface area contributed by atoms with E-state index in [1.807, 2.05) is 0 Å². The van der Waals surface area contributed by atoms with Crippen molar-refractivity contribution in [3.8, 4) is 0 Å². The zero-order valence-electron chi connectivity index (χ0n) is 16.0. The monoisotopic (exact) mass is 374 g/mol. The van der Waals surface area contributed by atoms with Crippen LogP contribution in [0.3, 0.4) is 0 Å². The van der Waals surface area contributed by atoms with E-state index < -0.39 is 0 Å². The van der Waals surface area contributed by atoms with Gasteiger partial charge >= 0.3 is 0 Å². The molecule has 1 saturated heterocycles. The summed E-state index contributed by atoms with van der Waals surface area (Å²) in [6.45, 7) is 3.51. The van der Waals surface area contributed by atoms with Gasteiger partial charge in [0.25, 0.3) is 0 Å². The minimum absolute atomic E-state index is 0.278. The van der Waals surface area contributed by atoms with Crippen molar-refractivity contribution in [1.29, 1.82) is 0 Å². The van der Waals surface area contributed by atoms with Crippen molar-refractivity contribution in [2.45, 2.75) is 89.1 Å². The van der Waals surface area contributed by atoms with E-state index in [-0.39, 0.29) is 5.91 Å². The van der Waals surface area contributed by atoms with Gasteiger partial charge in [-0.1, -0.05) is 19.3 Å². The molecule has 4 rings (SSSR count). The minimum atomic E-state index is 0.278.